The SMILES string of the molecule is [2H]c1c([2H])c([2H])c(-c2c3c([2H])c([2H])c([2H])c([2H])c3c(-c3c(-c4c([2H])c5c([2H])c([2H])c([2H])c([2H])c5c5c([2H])c([2H])c([2H])c([2H])c45)oc4ccc(-c5ccccc5)cc34)c3c([2H])c([2H])c([2H])c([2H])c23)c([2H])c1[2H]. The number of benzene rings is 9. The van der Waals surface area contributed by atoms with E-state index in [4.69, 9.17) is 25.0 Å². The molecule has 1 heteroatoms. The lowest BCUT2D eigenvalue weighted by Gasteiger charge is -2.18. The molecule has 0 N–H and O–H groups in total. The van der Waals surface area contributed by atoms with Gasteiger partial charge >= 0.3 is 0 Å². The first-order valence-electron chi connectivity index (χ1n) is 26.1. The van der Waals surface area contributed by atoms with Crippen LogP contribution in [0, 0.1) is 0 Å². The molecule has 0 radical (unpaired) electrons. The largest absolute Gasteiger partial charge is 0.455 e. The zero-order chi connectivity index (χ0) is 51.5. The molecule has 0 saturated heterocycles. The Hall–Kier alpha value is -6.44. The van der Waals surface area contributed by atoms with Crippen molar-refractivity contribution < 1.29 is 34.6 Å². The number of fused-ring (bicyclic) bond motifs is 6. The van der Waals surface area contributed by atoms with Gasteiger partial charge in [0.15, 0.2) is 0 Å². The van der Waals surface area contributed by atoms with E-state index in [2.05, 4.69) is 0 Å². The predicted octanol–water partition coefficient (Wildman–Crippen LogP) is 13.7. The summed E-state index contributed by atoms with van der Waals surface area (Å²) in [4.78, 5) is 0. The topological polar surface area (TPSA) is 13.1 Å². The summed E-state index contributed by atoms with van der Waals surface area (Å²) < 4.78 is 206. The molecular formula is C48H30O. The maximum Gasteiger partial charge on any atom is 0.143 e. The van der Waals surface area contributed by atoms with Crippen molar-refractivity contribution in [2.24, 2.45) is 0 Å². The lowest BCUT2D eigenvalue weighted by molar-refractivity contribution is 0.633. The van der Waals surface area contributed by atoms with Crippen LogP contribution in [0.4, 0.5) is 0 Å². The number of rotatable bonds is 4. The molecule has 1 aromatic heterocycles. The van der Waals surface area contributed by atoms with Crippen molar-refractivity contribution in [1.29, 1.82) is 0 Å². The fourth-order valence-corrected chi connectivity index (χ4v) is 6.47. The van der Waals surface area contributed by atoms with Gasteiger partial charge in [-0.1, -0.05) is 163 Å². The monoisotopic (exact) mass is 644 g/mol. The summed E-state index contributed by atoms with van der Waals surface area (Å²) in [6.45, 7) is 0. The first-order chi connectivity index (χ1) is 33.5. The molecule has 0 bridgehead atoms. The van der Waals surface area contributed by atoms with E-state index in [0.717, 1.165) is 0 Å². The van der Waals surface area contributed by atoms with E-state index < -0.39 is 204 Å². The third-order valence-electron chi connectivity index (χ3n) is 8.52. The summed E-state index contributed by atoms with van der Waals surface area (Å²) in [7, 11) is 0. The highest BCUT2D eigenvalue weighted by Gasteiger charge is 2.25. The van der Waals surface area contributed by atoms with Crippen molar-refractivity contribution in [2.75, 3.05) is 0 Å². The van der Waals surface area contributed by atoms with Crippen LogP contribution in [-0.2, 0) is 0 Å². The third-order valence-corrected chi connectivity index (χ3v) is 8.52. The number of furan rings is 1. The summed E-state index contributed by atoms with van der Waals surface area (Å²) in [5.74, 6) is -0.488. The zero-order valence-corrected chi connectivity index (χ0v) is 25.0. The van der Waals surface area contributed by atoms with Gasteiger partial charge in [0.1, 0.15) is 11.3 Å². The second kappa shape index (κ2) is 11.1. The number of hydrogen-bond acceptors (Lipinski definition) is 1. The van der Waals surface area contributed by atoms with Crippen LogP contribution in [0.1, 0.15) is 30.2 Å². The quantitative estimate of drug-likeness (QED) is 0.137. The van der Waals surface area contributed by atoms with Crippen LogP contribution in [0.25, 0.3) is 98.8 Å². The van der Waals surface area contributed by atoms with Crippen LogP contribution >= 0.6 is 0 Å². The molecule has 0 aliphatic rings. The van der Waals surface area contributed by atoms with Crippen LogP contribution in [-0.4, -0.2) is 0 Å². The van der Waals surface area contributed by atoms with E-state index >= 15 is 0 Å². The van der Waals surface area contributed by atoms with Gasteiger partial charge in [-0.15, -0.1) is 0 Å². The van der Waals surface area contributed by atoms with Crippen LogP contribution in [0.2, 0.25) is 0 Å². The molecule has 0 spiro atoms. The Labute approximate surface area is 315 Å². The van der Waals surface area contributed by atoms with E-state index in [1.54, 1.807) is 42.5 Å². The maximum atomic E-state index is 9.92. The van der Waals surface area contributed by atoms with E-state index in [-0.39, 0.29) is 16.5 Å². The van der Waals surface area contributed by atoms with Gasteiger partial charge in [0, 0.05) is 22.1 Å². The van der Waals surface area contributed by atoms with Gasteiger partial charge in [-0.25, -0.2) is 0 Å². The van der Waals surface area contributed by atoms with Crippen molar-refractivity contribution in [2.45, 2.75) is 0 Å². The Bertz CT molecular complexity index is 4020. The van der Waals surface area contributed by atoms with Crippen molar-refractivity contribution >= 4 is 54.1 Å². The molecule has 9 aromatic carbocycles. The standard InChI is InChI=1S/C48H30O/c1-3-15-31(16-4-1)33-27-28-44-43(29-33)47(48(49-44)42-30-34-19-7-8-20-35(34)36-21-9-10-22-37(36)42)46-40-25-13-11-23-38(40)45(32-17-5-2-6-18-32)39-24-12-14-26-41(39)46/h1-30H/i2D,5D,6D,7D,8D,9D,10D,11D,12D,13D,14D,17D,18D,19D,20D,21D,22D,23D,24D,25D,26D,30D. The second-order valence-corrected chi connectivity index (χ2v) is 11.1. The Morgan fingerprint density at radius 3 is 1.65 bits per heavy atom. The minimum Gasteiger partial charge on any atom is -0.455 e. The summed E-state index contributed by atoms with van der Waals surface area (Å²) >= 11 is 0. The Balaban J connectivity index is 1.59. The van der Waals surface area contributed by atoms with Crippen molar-refractivity contribution in [1.82, 2.24) is 0 Å². The van der Waals surface area contributed by atoms with Crippen molar-refractivity contribution in [3.63, 3.8) is 0 Å². The minimum atomic E-state index is -0.870. The van der Waals surface area contributed by atoms with E-state index in [1.165, 1.54) is 6.07 Å². The molecule has 1 heterocycles. The van der Waals surface area contributed by atoms with Gasteiger partial charge in [-0.3, -0.25) is 0 Å². The molecule has 0 unspecified atom stereocenters. The van der Waals surface area contributed by atoms with Gasteiger partial charge < -0.3 is 4.42 Å². The predicted molar refractivity (Wildman–Crippen MR) is 208 cm³/mol. The molecule has 0 aliphatic carbocycles. The summed E-state index contributed by atoms with van der Waals surface area (Å²) in [6, 6.07) is -4.37. The summed E-state index contributed by atoms with van der Waals surface area (Å²) in [6.07, 6.45) is 0. The highest BCUT2D eigenvalue weighted by atomic mass is 16.3. The fourth-order valence-electron chi connectivity index (χ4n) is 6.47. The normalized spacial score (nSPS) is 18.0. The Kier molecular flexibility index (Phi) is 3.07. The van der Waals surface area contributed by atoms with Gasteiger partial charge in [-0.2, -0.15) is 0 Å². The summed E-state index contributed by atoms with van der Waals surface area (Å²) in [5.41, 5.74) is -1.27. The highest BCUT2D eigenvalue weighted by Crippen LogP contribution is 2.51. The van der Waals surface area contributed by atoms with Crippen LogP contribution < -0.4 is 0 Å². The molecule has 1 nitrogen and oxygen atoms in total. The molecule has 10 rings (SSSR count). The first-order valence-corrected chi connectivity index (χ1v) is 15.1. The van der Waals surface area contributed by atoms with Gasteiger partial charge in [0.25, 0.3) is 0 Å². The molecule has 0 atom stereocenters. The zero-order valence-electron chi connectivity index (χ0n) is 47.0. The minimum absolute atomic E-state index is 0.0317. The Morgan fingerprint density at radius 2 is 0.959 bits per heavy atom. The first kappa shape index (κ1) is 13.6. The van der Waals surface area contributed by atoms with Crippen LogP contribution in [0.15, 0.2) is 186 Å². The molecule has 0 fully saturated rings. The molecule has 0 aliphatic heterocycles. The molecule has 0 saturated carbocycles. The highest BCUT2D eigenvalue weighted by molar-refractivity contribution is 6.26. The molecule has 10 aromatic rings. The average molecular weight is 645 g/mol. The molecule has 228 valence electrons. The van der Waals surface area contributed by atoms with Crippen molar-refractivity contribution in [3.05, 3.63) is 181 Å². The Morgan fingerprint density at radius 1 is 0.388 bits per heavy atom. The van der Waals surface area contributed by atoms with Crippen molar-refractivity contribution in [3.8, 4) is 44.7 Å². The van der Waals surface area contributed by atoms with Gasteiger partial charge in [-0.05, 0) is 83.5 Å². The molecule has 49 heavy (non-hydrogen) atoms. The summed E-state index contributed by atoms with van der Waals surface area (Å²) in [5, 5.41) is -3.87. The molecule has 0 amide bonds. The average Bonchev–Trinajstić information content (AvgIpc) is 3.74. The lowest BCUT2D eigenvalue weighted by atomic mass is 9.84. The third kappa shape index (κ3) is 4.33. The molecular weight excluding hydrogens is 593 g/mol. The number of hydrogen-bond donors (Lipinski definition) is 0. The fraction of sp³-hybridized carbons (Fsp3) is 0. The maximum absolute atomic E-state index is 9.92. The van der Waals surface area contributed by atoms with Crippen LogP contribution in [0.5, 0.6) is 0 Å². The van der Waals surface area contributed by atoms with E-state index in [0.29, 0.717) is 11.1 Å². The smallest absolute Gasteiger partial charge is 0.143 e. The van der Waals surface area contributed by atoms with E-state index in [9.17, 15) is 9.60 Å². The van der Waals surface area contributed by atoms with Gasteiger partial charge in [0.05, 0.1) is 30.2 Å². The van der Waals surface area contributed by atoms with E-state index in [1.807, 2.05) is 0 Å². The van der Waals surface area contributed by atoms with Crippen LogP contribution in [0.3, 0.4) is 0 Å². The second-order valence-electron chi connectivity index (χ2n) is 11.1. The lowest BCUT2D eigenvalue weighted by Crippen LogP contribution is -1.92. The van der Waals surface area contributed by atoms with Gasteiger partial charge in [0.2, 0.25) is 0 Å².